The Bertz CT molecular complexity index is 719. The van der Waals surface area contributed by atoms with Crippen molar-refractivity contribution >= 4 is 17.0 Å². The van der Waals surface area contributed by atoms with E-state index in [1.165, 1.54) is 6.07 Å². The molecule has 0 spiro atoms. The van der Waals surface area contributed by atoms with Crippen LogP contribution in [0.3, 0.4) is 0 Å². The number of aromatic nitrogens is 1. The average molecular weight is 259 g/mol. The number of nitrogens with one attached hydrogen (secondary N) is 2. The zero-order valence-electron chi connectivity index (χ0n) is 10.6. The molecule has 98 valence electrons. The molecule has 0 fully saturated rings. The Morgan fingerprint density at radius 3 is 2.95 bits per heavy atom. The maximum absolute atomic E-state index is 11.1. The second-order valence-corrected chi connectivity index (χ2v) is 4.90. The molecule has 1 aromatic heterocycles. The van der Waals surface area contributed by atoms with Gasteiger partial charge >= 0.3 is 11.7 Å². The Labute approximate surface area is 109 Å². The molecule has 0 aliphatic carbocycles. The number of aromatic amines is 1. The first-order valence-electron chi connectivity index (χ1n) is 5.74. The molecular weight excluding hydrogens is 246 g/mol. The van der Waals surface area contributed by atoms with Crippen LogP contribution in [0.1, 0.15) is 19.4 Å². The van der Waals surface area contributed by atoms with Crippen molar-refractivity contribution < 1.29 is 9.21 Å². The molecule has 0 saturated heterocycles. The van der Waals surface area contributed by atoms with Crippen LogP contribution in [0.25, 0.3) is 11.1 Å². The summed E-state index contributed by atoms with van der Waals surface area (Å²) in [6.45, 7) is 4.20. The summed E-state index contributed by atoms with van der Waals surface area (Å²) in [6, 6.07) is 6.85. The van der Waals surface area contributed by atoms with Gasteiger partial charge in [0.25, 0.3) is 0 Å². The lowest BCUT2D eigenvalue weighted by Gasteiger charge is -2.24. The van der Waals surface area contributed by atoms with E-state index < -0.39 is 11.7 Å². The van der Waals surface area contributed by atoms with Crippen molar-refractivity contribution in [3.8, 4) is 6.07 Å². The lowest BCUT2D eigenvalue weighted by atomic mass is 9.84. The van der Waals surface area contributed by atoms with E-state index in [4.69, 9.17) is 9.68 Å². The van der Waals surface area contributed by atoms with Gasteiger partial charge in [-0.25, -0.2) is 4.79 Å². The Kier molecular flexibility index (Phi) is 3.13. The van der Waals surface area contributed by atoms with Gasteiger partial charge in [-0.3, -0.25) is 9.78 Å². The minimum Gasteiger partial charge on any atom is -0.408 e. The van der Waals surface area contributed by atoms with Crippen LogP contribution < -0.4 is 11.1 Å². The van der Waals surface area contributed by atoms with Crippen LogP contribution in [-0.4, -0.2) is 17.4 Å². The van der Waals surface area contributed by atoms with Gasteiger partial charge in [0.15, 0.2) is 11.7 Å². The SMILES string of the molecule is CC(C)(CNC(=O)C#N)c1ccc2oc(=O)[nH]c2c1. The molecular formula is C13H13N3O3. The Morgan fingerprint density at radius 2 is 2.26 bits per heavy atom. The highest BCUT2D eigenvalue weighted by molar-refractivity contribution is 5.91. The smallest absolute Gasteiger partial charge is 0.408 e. The number of nitriles is 1. The van der Waals surface area contributed by atoms with Gasteiger partial charge in [-0.05, 0) is 17.7 Å². The van der Waals surface area contributed by atoms with Gasteiger partial charge in [0.05, 0.1) is 5.52 Å². The molecule has 0 radical (unpaired) electrons. The van der Waals surface area contributed by atoms with Crippen LogP contribution in [0.4, 0.5) is 0 Å². The molecule has 1 heterocycles. The topological polar surface area (TPSA) is 98.9 Å². The monoisotopic (exact) mass is 259 g/mol. The van der Waals surface area contributed by atoms with Crippen molar-refractivity contribution in [2.24, 2.45) is 0 Å². The standard InChI is InChI=1S/C13H13N3O3/c1-13(2,7-15-11(17)6-14)8-3-4-10-9(5-8)16-12(18)19-10/h3-5H,7H2,1-2H3,(H,15,17)(H,16,18). The molecule has 0 aliphatic heterocycles. The molecule has 0 bridgehead atoms. The van der Waals surface area contributed by atoms with Crippen LogP contribution in [0, 0.1) is 11.3 Å². The van der Waals surface area contributed by atoms with Crippen LogP contribution in [0.15, 0.2) is 27.4 Å². The molecule has 6 heteroatoms. The van der Waals surface area contributed by atoms with E-state index in [9.17, 15) is 9.59 Å². The summed E-state index contributed by atoms with van der Waals surface area (Å²) in [5.74, 6) is -1.16. The number of fused-ring (bicyclic) bond motifs is 1. The summed E-state index contributed by atoms with van der Waals surface area (Å²) in [6.07, 6.45) is 0. The highest BCUT2D eigenvalue weighted by Gasteiger charge is 2.22. The van der Waals surface area contributed by atoms with Crippen molar-refractivity contribution in [3.05, 3.63) is 34.3 Å². The summed E-state index contributed by atoms with van der Waals surface area (Å²) >= 11 is 0. The summed E-state index contributed by atoms with van der Waals surface area (Å²) in [5, 5.41) is 11.0. The Balaban J connectivity index is 2.29. The highest BCUT2D eigenvalue weighted by atomic mass is 16.4. The first-order chi connectivity index (χ1) is 8.92. The number of carbonyl (C=O) groups is 1. The zero-order valence-corrected chi connectivity index (χ0v) is 10.6. The quantitative estimate of drug-likeness (QED) is 0.804. The Hall–Kier alpha value is -2.55. The maximum Gasteiger partial charge on any atom is 0.417 e. The number of rotatable bonds is 3. The van der Waals surface area contributed by atoms with Crippen molar-refractivity contribution in [1.82, 2.24) is 10.3 Å². The number of benzene rings is 1. The van der Waals surface area contributed by atoms with Crippen LogP contribution in [0.2, 0.25) is 0 Å². The van der Waals surface area contributed by atoms with Gasteiger partial charge in [-0.1, -0.05) is 19.9 Å². The molecule has 2 rings (SSSR count). The zero-order chi connectivity index (χ0) is 14.0. The van der Waals surface area contributed by atoms with Crippen LogP contribution >= 0.6 is 0 Å². The Morgan fingerprint density at radius 1 is 1.53 bits per heavy atom. The number of hydrogen-bond donors (Lipinski definition) is 2. The molecule has 1 amide bonds. The first kappa shape index (κ1) is 12.9. The van der Waals surface area contributed by atoms with Gasteiger partial charge in [0.2, 0.25) is 0 Å². The normalized spacial score (nSPS) is 11.2. The molecule has 0 saturated carbocycles. The molecule has 6 nitrogen and oxygen atoms in total. The van der Waals surface area contributed by atoms with E-state index in [0.29, 0.717) is 17.6 Å². The second kappa shape index (κ2) is 4.61. The summed E-state index contributed by atoms with van der Waals surface area (Å²) in [5.41, 5.74) is 1.66. The van der Waals surface area contributed by atoms with E-state index in [1.807, 2.05) is 19.9 Å². The van der Waals surface area contributed by atoms with Gasteiger partial charge in [0.1, 0.15) is 0 Å². The predicted octanol–water partition coefficient (Wildman–Crippen LogP) is 1.04. The number of H-pyrrole nitrogens is 1. The molecule has 0 aliphatic rings. The van der Waals surface area contributed by atoms with Gasteiger partial charge in [-0.15, -0.1) is 0 Å². The van der Waals surface area contributed by atoms with Crippen molar-refractivity contribution in [3.63, 3.8) is 0 Å². The number of nitrogens with zero attached hydrogens (tertiary/aromatic N) is 1. The minimum absolute atomic E-state index is 0.326. The van der Waals surface area contributed by atoms with Crippen LogP contribution in [-0.2, 0) is 10.2 Å². The van der Waals surface area contributed by atoms with Crippen LogP contribution in [0.5, 0.6) is 0 Å². The number of carbonyl (C=O) groups excluding carboxylic acids is 1. The molecule has 0 atom stereocenters. The van der Waals surface area contributed by atoms with E-state index in [0.717, 1.165) is 5.56 Å². The third-order valence-electron chi connectivity index (χ3n) is 2.99. The van der Waals surface area contributed by atoms with Gasteiger partial charge < -0.3 is 9.73 Å². The predicted molar refractivity (Wildman–Crippen MR) is 68.5 cm³/mol. The van der Waals surface area contributed by atoms with E-state index in [1.54, 1.807) is 12.1 Å². The molecule has 1 aromatic carbocycles. The number of oxazole rings is 1. The first-order valence-corrected chi connectivity index (χ1v) is 5.74. The number of hydrogen-bond acceptors (Lipinski definition) is 4. The maximum atomic E-state index is 11.1. The molecule has 19 heavy (non-hydrogen) atoms. The van der Waals surface area contributed by atoms with E-state index in [-0.39, 0.29) is 5.41 Å². The average Bonchev–Trinajstić information content (AvgIpc) is 2.74. The van der Waals surface area contributed by atoms with E-state index in [2.05, 4.69) is 10.3 Å². The molecule has 2 N–H and O–H groups in total. The third kappa shape index (κ3) is 2.65. The summed E-state index contributed by atoms with van der Waals surface area (Å²) in [4.78, 5) is 24.6. The van der Waals surface area contributed by atoms with Gasteiger partial charge in [-0.2, -0.15) is 5.26 Å². The fraction of sp³-hybridized carbons (Fsp3) is 0.308. The molecule has 2 aromatic rings. The lowest BCUT2D eigenvalue weighted by Crippen LogP contribution is -2.36. The second-order valence-electron chi connectivity index (χ2n) is 4.90. The molecule has 0 unspecified atom stereocenters. The largest absolute Gasteiger partial charge is 0.417 e. The highest BCUT2D eigenvalue weighted by Crippen LogP contribution is 2.25. The van der Waals surface area contributed by atoms with Crippen molar-refractivity contribution in [2.75, 3.05) is 6.54 Å². The van der Waals surface area contributed by atoms with Crippen molar-refractivity contribution in [1.29, 1.82) is 5.26 Å². The minimum atomic E-state index is -0.661. The van der Waals surface area contributed by atoms with E-state index >= 15 is 0 Å². The summed E-state index contributed by atoms with van der Waals surface area (Å²) in [7, 11) is 0. The lowest BCUT2D eigenvalue weighted by molar-refractivity contribution is -0.116. The fourth-order valence-electron chi connectivity index (χ4n) is 1.82. The summed E-state index contributed by atoms with van der Waals surface area (Å²) < 4.78 is 4.93. The fourth-order valence-corrected chi connectivity index (χ4v) is 1.82. The van der Waals surface area contributed by atoms with Crippen molar-refractivity contribution in [2.45, 2.75) is 19.3 Å². The third-order valence-corrected chi connectivity index (χ3v) is 2.99. The van der Waals surface area contributed by atoms with Gasteiger partial charge in [0, 0.05) is 12.0 Å². The number of amides is 1.